The van der Waals surface area contributed by atoms with Gasteiger partial charge in [0.05, 0.1) is 6.54 Å². The van der Waals surface area contributed by atoms with Crippen LogP contribution in [0, 0.1) is 0 Å². The number of benzene rings is 1. The van der Waals surface area contributed by atoms with Crippen molar-refractivity contribution in [3.63, 3.8) is 0 Å². The van der Waals surface area contributed by atoms with Crippen LogP contribution in [0.1, 0.15) is 18.9 Å². The van der Waals surface area contributed by atoms with Crippen molar-refractivity contribution in [2.24, 2.45) is 0 Å². The van der Waals surface area contributed by atoms with Crippen LogP contribution in [0.25, 0.3) is 0 Å². The molecule has 2 N–H and O–H groups in total. The Labute approximate surface area is 113 Å². The second-order valence-electron chi connectivity index (χ2n) is 4.60. The van der Waals surface area contributed by atoms with Gasteiger partial charge in [-0.05, 0) is 24.5 Å². The summed E-state index contributed by atoms with van der Waals surface area (Å²) in [5.41, 5.74) is 2.34. The van der Waals surface area contributed by atoms with Gasteiger partial charge in [-0.1, -0.05) is 25.1 Å². The molecular weight excluding hydrogens is 242 g/mol. The fourth-order valence-corrected chi connectivity index (χ4v) is 2.19. The van der Waals surface area contributed by atoms with Crippen LogP contribution < -0.4 is 15.5 Å². The number of hydrogen-bond donors (Lipinski definition) is 2. The minimum absolute atomic E-state index is 0.219. The summed E-state index contributed by atoms with van der Waals surface area (Å²) in [5.74, 6) is -0.273. The van der Waals surface area contributed by atoms with E-state index in [1.807, 2.05) is 30.0 Å². The molecule has 0 bridgehead atoms. The van der Waals surface area contributed by atoms with E-state index in [9.17, 15) is 9.59 Å². The maximum atomic E-state index is 11.8. The van der Waals surface area contributed by atoms with E-state index in [-0.39, 0.29) is 12.5 Å². The monoisotopic (exact) mass is 261 g/mol. The van der Waals surface area contributed by atoms with Crippen LogP contribution in [0.4, 0.5) is 10.5 Å². The molecule has 0 aromatic heterocycles. The van der Waals surface area contributed by atoms with Crippen LogP contribution in [0.3, 0.4) is 0 Å². The van der Waals surface area contributed by atoms with Gasteiger partial charge in [0.1, 0.15) is 0 Å². The highest BCUT2D eigenvalue weighted by molar-refractivity contribution is 5.96. The highest BCUT2D eigenvalue weighted by Crippen LogP contribution is 2.26. The third-order valence-corrected chi connectivity index (χ3v) is 3.11. The number of nitrogens with one attached hydrogen (secondary N) is 2. The molecule has 1 aliphatic heterocycles. The third kappa shape index (κ3) is 3.47. The molecule has 0 saturated heterocycles. The summed E-state index contributed by atoms with van der Waals surface area (Å²) in [7, 11) is 0. The van der Waals surface area contributed by atoms with E-state index in [0.29, 0.717) is 6.54 Å². The Morgan fingerprint density at radius 3 is 2.89 bits per heavy atom. The molecule has 0 atom stereocenters. The summed E-state index contributed by atoms with van der Waals surface area (Å²) in [6.07, 6.45) is 1.80. The number of para-hydroxylation sites is 1. The van der Waals surface area contributed by atoms with Gasteiger partial charge in [0, 0.05) is 18.8 Å². The maximum absolute atomic E-state index is 11.8. The van der Waals surface area contributed by atoms with Gasteiger partial charge in [0.25, 0.3) is 0 Å². The van der Waals surface area contributed by atoms with Gasteiger partial charge >= 0.3 is 6.03 Å². The summed E-state index contributed by atoms with van der Waals surface area (Å²) < 4.78 is 0. The topological polar surface area (TPSA) is 61.4 Å². The number of amides is 3. The number of anilines is 1. The van der Waals surface area contributed by atoms with Crippen molar-refractivity contribution in [2.75, 3.05) is 24.5 Å². The lowest BCUT2D eigenvalue weighted by molar-refractivity contribution is -0.118. The van der Waals surface area contributed by atoms with Crippen molar-refractivity contribution in [1.29, 1.82) is 0 Å². The van der Waals surface area contributed by atoms with Crippen molar-refractivity contribution in [3.8, 4) is 0 Å². The zero-order valence-corrected chi connectivity index (χ0v) is 11.1. The molecule has 102 valence electrons. The smallest absolute Gasteiger partial charge is 0.321 e. The first-order chi connectivity index (χ1) is 9.20. The molecule has 0 spiro atoms. The summed E-state index contributed by atoms with van der Waals surface area (Å²) in [4.78, 5) is 25.1. The Bertz CT molecular complexity index is 474. The van der Waals surface area contributed by atoms with E-state index in [1.54, 1.807) is 0 Å². The van der Waals surface area contributed by atoms with E-state index in [0.717, 1.165) is 25.1 Å². The number of rotatable bonds is 4. The van der Waals surface area contributed by atoms with Crippen molar-refractivity contribution < 1.29 is 9.59 Å². The van der Waals surface area contributed by atoms with Crippen LogP contribution in [-0.2, 0) is 11.2 Å². The molecule has 19 heavy (non-hydrogen) atoms. The van der Waals surface area contributed by atoms with Crippen molar-refractivity contribution in [2.45, 2.75) is 19.8 Å². The lowest BCUT2D eigenvalue weighted by Crippen LogP contribution is -2.44. The van der Waals surface area contributed by atoms with Gasteiger partial charge in [-0.3, -0.25) is 10.1 Å². The van der Waals surface area contributed by atoms with Crippen molar-refractivity contribution in [3.05, 3.63) is 29.8 Å². The van der Waals surface area contributed by atoms with E-state index >= 15 is 0 Å². The van der Waals surface area contributed by atoms with Gasteiger partial charge in [0.15, 0.2) is 0 Å². The first-order valence-corrected chi connectivity index (χ1v) is 6.61. The molecule has 2 rings (SSSR count). The van der Waals surface area contributed by atoms with Gasteiger partial charge in [-0.25, -0.2) is 4.79 Å². The zero-order valence-electron chi connectivity index (χ0n) is 11.1. The quantitative estimate of drug-likeness (QED) is 0.858. The summed E-state index contributed by atoms with van der Waals surface area (Å²) in [5, 5.41) is 4.96. The molecular formula is C14H19N3O2. The summed E-state index contributed by atoms with van der Waals surface area (Å²) in [6, 6.07) is 7.62. The molecule has 0 radical (unpaired) electrons. The second kappa shape index (κ2) is 6.22. The molecule has 5 nitrogen and oxygen atoms in total. The third-order valence-electron chi connectivity index (χ3n) is 3.11. The van der Waals surface area contributed by atoms with Crippen molar-refractivity contribution >= 4 is 17.6 Å². The average Bonchev–Trinajstić information content (AvgIpc) is 2.80. The Morgan fingerprint density at radius 1 is 1.32 bits per heavy atom. The number of urea groups is 1. The maximum Gasteiger partial charge on any atom is 0.321 e. The van der Waals surface area contributed by atoms with Crippen LogP contribution in [0.2, 0.25) is 0 Å². The normalized spacial score (nSPS) is 13.0. The molecule has 0 saturated carbocycles. The van der Waals surface area contributed by atoms with Gasteiger partial charge < -0.3 is 10.2 Å². The SMILES string of the molecule is CCCNC(=O)NC(=O)CN1CCc2ccccc21. The van der Waals surface area contributed by atoms with E-state index in [4.69, 9.17) is 0 Å². The van der Waals surface area contributed by atoms with Gasteiger partial charge in [-0.15, -0.1) is 0 Å². The highest BCUT2D eigenvalue weighted by atomic mass is 16.2. The van der Waals surface area contributed by atoms with Crippen LogP contribution in [0.15, 0.2) is 24.3 Å². The largest absolute Gasteiger partial charge is 0.362 e. The number of hydrogen-bond acceptors (Lipinski definition) is 3. The first kappa shape index (κ1) is 13.4. The van der Waals surface area contributed by atoms with Crippen LogP contribution in [0.5, 0.6) is 0 Å². The summed E-state index contributed by atoms with van der Waals surface area (Å²) >= 11 is 0. The minimum atomic E-state index is -0.417. The molecule has 3 amide bonds. The molecule has 1 aromatic rings. The van der Waals surface area contributed by atoms with Gasteiger partial charge in [0.2, 0.25) is 5.91 Å². The van der Waals surface area contributed by atoms with Crippen LogP contribution in [-0.4, -0.2) is 31.6 Å². The molecule has 1 heterocycles. The minimum Gasteiger partial charge on any atom is -0.362 e. The molecule has 1 aromatic carbocycles. The first-order valence-electron chi connectivity index (χ1n) is 6.61. The molecule has 0 fully saturated rings. The average molecular weight is 261 g/mol. The zero-order chi connectivity index (χ0) is 13.7. The fourth-order valence-electron chi connectivity index (χ4n) is 2.19. The second-order valence-corrected chi connectivity index (χ2v) is 4.60. The summed E-state index contributed by atoms with van der Waals surface area (Å²) in [6.45, 7) is 3.58. The fraction of sp³-hybridized carbons (Fsp3) is 0.429. The Morgan fingerprint density at radius 2 is 2.11 bits per heavy atom. The number of fused-ring (bicyclic) bond motifs is 1. The highest BCUT2D eigenvalue weighted by Gasteiger charge is 2.20. The van der Waals surface area contributed by atoms with Crippen molar-refractivity contribution in [1.82, 2.24) is 10.6 Å². The number of carbonyl (C=O) groups excluding carboxylic acids is 2. The van der Waals surface area contributed by atoms with E-state index in [1.165, 1.54) is 5.56 Å². The standard InChI is InChI=1S/C14H19N3O2/c1-2-8-15-14(19)16-13(18)10-17-9-7-11-5-3-4-6-12(11)17/h3-6H,2,7-10H2,1H3,(H2,15,16,18,19). The van der Waals surface area contributed by atoms with Crippen LogP contribution >= 0.6 is 0 Å². The number of imide groups is 1. The van der Waals surface area contributed by atoms with Gasteiger partial charge in [-0.2, -0.15) is 0 Å². The Balaban J connectivity index is 1.85. The molecule has 5 heteroatoms. The molecule has 1 aliphatic rings. The van der Waals surface area contributed by atoms with E-state index in [2.05, 4.69) is 16.7 Å². The Hall–Kier alpha value is -2.04. The molecule has 0 unspecified atom stereocenters. The predicted octanol–water partition coefficient (Wildman–Crippen LogP) is 1.28. The molecule has 0 aliphatic carbocycles. The van der Waals surface area contributed by atoms with E-state index < -0.39 is 6.03 Å². The Kier molecular flexibility index (Phi) is 4.39. The lowest BCUT2D eigenvalue weighted by atomic mass is 10.2. The number of nitrogens with zero attached hydrogens (tertiary/aromatic N) is 1. The predicted molar refractivity (Wildman–Crippen MR) is 74.2 cm³/mol. The number of carbonyl (C=O) groups is 2. The lowest BCUT2D eigenvalue weighted by Gasteiger charge is -2.18.